The number of nitrogens with zero attached hydrogens (tertiary/aromatic N) is 1. The number of hydrogen-bond acceptors (Lipinski definition) is 4. The Morgan fingerprint density at radius 2 is 1.74 bits per heavy atom. The number of pyridine rings is 1. The van der Waals surface area contributed by atoms with Gasteiger partial charge in [0.05, 0.1) is 26.0 Å². The van der Waals surface area contributed by atoms with Gasteiger partial charge in [0.15, 0.2) is 11.5 Å². The van der Waals surface area contributed by atoms with Crippen molar-refractivity contribution >= 4 is 16.7 Å². The molecule has 0 radical (unpaired) electrons. The van der Waals surface area contributed by atoms with E-state index >= 15 is 0 Å². The van der Waals surface area contributed by atoms with E-state index < -0.39 is 5.91 Å². The van der Waals surface area contributed by atoms with Crippen LogP contribution >= 0.6 is 0 Å². The molecule has 1 aromatic carbocycles. The molecule has 23 heavy (non-hydrogen) atoms. The van der Waals surface area contributed by atoms with E-state index in [9.17, 15) is 9.59 Å². The van der Waals surface area contributed by atoms with Crippen molar-refractivity contribution in [1.82, 2.24) is 4.57 Å². The second-order valence-corrected chi connectivity index (χ2v) is 5.90. The summed E-state index contributed by atoms with van der Waals surface area (Å²) < 4.78 is 12.2. The van der Waals surface area contributed by atoms with Crippen LogP contribution in [0.5, 0.6) is 11.5 Å². The molecular formula is C17H22N2O4. The number of fused-ring (bicyclic) bond motifs is 1. The lowest BCUT2D eigenvalue weighted by Gasteiger charge is -2.15. The van der Waals surface area contributed by atoms with Crippen LogP contribution in [0.15, 0.2) is 23.1 Å². The number of carbonyl (C=O) groups is 1. The number of benzene rings is 1. The van der Waals surface area contributed by atoms with Crippen LogP contribution in [-0.4, -0.2) is 24.7 Å². The monoisotopic (exact) mass is 318 g/mol. The number of ether oxygens (including phenoxy) is 2. The van der Waals surface area contributed by atoms with E-state index in [0.717, 1.165) is 0 Å². The number of amides is 1. The molecule has 0 aliphatic rings. The fraction of sp³-hybridized carbons (Fsp3) is 0.412. The van der Waals surface area contributed by atoms with Crippen LogP contribution in [0.2, 0.25) is 0 Å². The summed E-state index contributed by atoms with van der Waals surface area (Å²) in [6.45, 7) is 4.62. The summed E-state index contributed by atoms with van der Waals surface area (Å²) in [6, 6.07) is 3.37. The molecule has 0 spiro atoms. The predicted molar refractivity (Wildman–Crippen MR) is 89.0 cm³/mol. The zero-order valence-corrected chi connectivity index (χ0v) is 13.9. The van der Waals surface area contributed by atoms with E-state index in [1.54, 1.807) is 22.9 Å². The third-order valence-corrected chi connectivity index (χ3v) is 3.60. The minimum atomic E-state index is -0.448. The number of primary amides is 1. The first-order valence-corrected chi connectivity index (χ1v) is 7.43. The Bertz CT molecular complexity index is 793. The van der Waals surface area contributed by atoms with Gasteiger partial charge in [0.25, 0.3) is 5.56 Å². The fourth-order valence-corrected chi connectivity index (χ4v) is 2.65. The maximum Gasteiger partial charge on any atom is 0.258 e. The average molecular weight is 318 g/mol. The molecular weight excluding hydrogens is 296 g/mol. The number of carbonyl (C=O) groups excluding carboxylic acids is 1. The van der Waals surface area contributed by atoms with Gasteiger partial charge in [-0.2, -0.15) is 0 Å². The molecule has 0 aliphatic heterocycles. The molecule has 0 aliphatic carbocycles. The van der Waals surface area contributed by atoms with Crippen LogP contribution in [-0.2, 0) is 17.8 Å². The SMILES string of the molecule is COc1cc2c(CC(N)=O)cn(CC(C)C)c(=O)c2cc1OC. The molecule has 6 nitrogen and oxygen atoms in total. The molecule has 2 aromatic rings. The first kappa shape index (κ1) is 16.9. The van der Waals surface area contributed by atoms with E-state index in [1.165, 1.54) is 14.2 Å². The van der Waals surface area contributed by atoms with Gasteiger partial charge in [-0.25, -0.2) is 0 Å². The average Bonchev–Trinajstić information content (AvgIpc) is 2.49. The van der Waals surface area contributed by atoms with Gasteiger partial charge in [-0.05, 0) is 29.0 Å². The summed E-state index contributed by atoms with van der Waals surface area (Å²) in [7, 11) is 3.04. The molecule has 0 bridgehead atoms. The van der Waals surface area contributed by atoms with Gasteiger partial charge >= 0.3 is 0 Å². The van der Waals surface area contributed by atoms with Crippen LogP contribution in [0.25, 0.3) is 10.8 Å². The normalized spacial score (nSPS) is 11.0. The molecule has 6 heteroatoms. The van der Waals surface area contributed by atoms with Crippen LogP contribution in [0.4, 0.5) is 0 Å². The highest BCUT2D eigenvalue weighted by atomic mass is 16.5. The zero-order chi connectivity index (χ0) is 17.1. The highest BCUT2D eigenvalue weighted by molar-refractivity contribution is 5.91. The highest BCUT2D eigenvalue weighted by Crippen LogP contribution is 2.32. The lowest BCUT2D eigenvalue weighted by atomic mass is 10.0. The maximum absolute atomic E-state index is 12.7. The molecule has 1 amide bonds. The van der Waals surface area contributed by atoms with Crippen molar-refractivity contribution in [2.75, 3.05) is 14.2 Å². The molecule has 0 atom stereocenters. The minimum absolute atomic E-state index is 0.0599. The van der Waals surface area contributed by atoms with Crippen molar-refractivity contribution in [3.8, 4) is 11.5 Å². The van der Waals surface area contributed by atoms with Gasteiger partial charge in [0.2, 0.25) is 5.91 Å². The van der Waals surface area contributed by atoms with Gasteiger partial charge in [0, 0.05) is 12.7 Å². The van der Waals surface area contributed by atoms with Gasteiger partial charge in [-0.1, -0.05) is 13.8 Å². The lowest BCUT2D eigenvalue weighted by molar-refractivity contribution is -0.117. The molecule has 0 saturated heterocycles. The quantitative estimate of drug-likeness (QED) is 0.878. The number of methoxy groups -OCH3 is 2. The molecule has 0 unspecified atom stereocenters. The molecule has 2 rings (SSSR count). The zero-order valence-electron chi connectivity index (χ0n) is 13.9. The number of rotatable bonds is 6. The van der Waals surface area contributed by atoms with Crippen molar-refractivity contribution in [3.05, 3.63) is 34.2 Å². The number of nitrogens with two attached hydrogens (primary N) is 1. The van der Waals surface area contributed by atoms with E-state index in [-0.39, 0.29) is 12.0 Å². The van der Waals surface area contributed by atoms with Crippen molar-refractivity contribution in [2.24, 2.45) is 11.7 Å². The lowest BCUT2D eigenvalue weighted by Crippen LogP contribution is -2.24. The predicted octanol–water partition coefficient (Wildman–Crippen LogP) is 1.70. The summed E-state index contributed by atoms with van der Waals surface area (Å²) in [6.07, 6.45) is 1.77. The first-order valence-electron chi connectivity index (χ1n) is 7.43. The Kier molecular flexibility index (Phi) is 4.93. The Hall–Kier alpha value is -2.50. The maximum atomic E-state index is 12.7. The van der Waals surface area contributed by atoms with Crippen molar-refractivity contribution in [3.63, 3.8) is 0 Å². The Labute approximate surface area is 134 Å². The summed E-state index contributed by atoms with van der Waals surface area (Å²) in [4.78, 5) is 24.1. The van der Waals surface area contributed by atoms with Gasteiger partial charge in [-0.15, -0.1) is 0 Å². The van der Waals surface area contributed by atoms with Crippen LogP contribution < -0.4 is 20.8 Å². The second kappa shape index (κ2) is 6.73. The fourth-order valence-electron chi connectivity index (χ4n) is 2.65. The van der Waals surface area contributed by atoms with Crippen molar-refractivity contribution in [2.45, 2.75) is 26.8 Å². The minimum Gasteiger partial charge on any atom is -0.493 e. The Balaban J connectivity index is 2.81. The first-order chi connectivity index (χ1) is 10.9. The molecule has 124 valence electrons. The van der Waals surface area contributed by atoms with E-state index in [0.29, 0.717) is 40.3 Å². The van der Waals surface area contributed by atoms with Crippen LogP contribution in [0, 0.1) is 5.92 Å². The summed E-state index contributed by atoms with van der Waals surface area (Å²) >= 11 is 0. The second-order valence-electron chi connectivity index (χ2n) is 5.90. The smallest absolute Gasteiger partial charge is 0.258 e. The highest BCUT2D eigenvalue weighted by Gasteiger charge is 2.15. The molecule has 2 N–H and O–H groups in total. The third-order valence-electron chi connectivity index (χ3n) is 3.60. The summed E-state index contributed by atoms with van der Waals surface area (Å²) in [5.74, 6) is 0.832. The van der Waals surface area contributed by atoms with Crippen molar-refractivity contribution < 1.29 is 14.3 Å². The Morgan fingerprint density at radius 3 is 2.22 bits per heavy atom. The van der Waals surface area contributed by atoms with Crippen LogP contribution in [0.1, 0.15) is 19.4 Å². The van der Waals surface area contributed by atoms with Gasteiger partial charge < -0.3 is 19.8 Å². The van der Waals surface area contributed by atoms with E-state index in [4.69, 9.17) is 15.2 Å². The van der Waals surface area contributed by atoms with Crippen molar-refractivity contribution in [1.29, 1.82) is 0 Å². The standard InChI is InChI=1S/C17H22N2O4/c1-10(2)8-19-9-11(5-16(18)20)12-6-14(22-3)15(23-4)7-13(12)17(19)21/h6-7,9-10H,5,8H2,1-4H3,(H2,18,20). The van der Waals surface area contributed by atoms with Gasteiger partial charge in [0.1, 0.15) is 0 Å². The van der Waals surface area contributed by atoms with E-state index in [1.807, 2.05) is 13.8 Å². The van der Waals surface area contributed by atoms with E-state index in [2.05, 4.69) is 0 Å². The molecule has 0 fully saturated rings. The third kappa shape index (κ3) is 3.47. The Morgan fingerprint density at radius 1 is 1.17 bits per heavy atom. The number of hydrogen-bond donors (Lipinski definition) is 1. The topological polar surface area (TPSA) is 83.5 Å². The molecule has 1 heterocycles. The number of aromatic nitrogens is 1. The summed E-state index contributed by atoms with van der Waals surface area (Å²) in [5.41, 5.74) is 5.93. The van der Waals surface area contributed by atoms with Gasteiger partial charge in [-0.3, -0.25) is 9.59 Å². The molecule has 0 saturated carbocycles. The summed E-state index contributed by atoms with van der Waals surface area (Å²) in [5, 5.41) is 1.15. The largest absolute Gasteiger partial charge is 0.493 e. The van der Waals surface area contributed by atoms with Crippen LogP contribution in [0.3, 0.4) is 0 Å². The molecule has 1 aromatic heterocycles.